The fourth-order valence-corrected chi connectivity index (χ4v) is 2.28. The molecule has 3 rings (SSSR count). The Morgan fingerprint density at radius 1 is 1.27 bits per heavy atom. The molecule has 1 N–H and O–H groups in total. The normalized spacial score (nSPS) is 11.0. The molecule has 0 spiro atoms. The first-order chi connectivity index (χ1) is 12.6. The van der Waals surface area contributed by atoms with Gasteiger partial charge in [-0.3, -0.25) is 4.79 Å². The van der Waals surface area contributed by atoms with Gasteiger partial charge in [0.2, 0.25) is 0 Å². The number of carbonyl (C=O) groups is 1. The summed E-state index contributed by atoms with van der Waals surface area (Å²) in [5.74, 6) is -1.26. The number of nitriles is 1. The number of halogens is 2. The lowest BCUT2D eigenvalue weighted by molar-refractivity contribution is -0.112. The minimum Gasteiger partial charge on any atom is -0.321 e. The molecule has 0 unspecified atom stereocenters. The molecule has 0 saturated heterocycles. The highest BCUT2D eigenvalue weighted by molar-refractivity contribution is 6.31. The molecule has 0 radical (unpaired) electrons. The van der Waals surface area contributed by atoms with Gasteiger partial charge in [0.25, 0.3) is 5.91 Å². The van der Waals surface area contributed by atoms with Crippen LogP contribution in [0.2, 0.25) is 5.02 Å². The summed E-state index contributed by atoms with van der Waals surface area (Å²) in [6, 6.07) is 14.7. The number of nitrogens with one attached hydrogen (secondary N) is 1. The van der Waals surface area contributed by atoms with Gasteiger partial charge in [0, 0.05) is 5.69 Å². The molecule has 3 aromatic rings. The lowest BCUT2D eigenvalue weighted by Gasteiger charge is -2.04. The highest BCUT2D eigenvalue weighted by Gasteiger charge is 2.12. The van der Waals surface area contributed by atoms with Crippen LogP contribution in [-0.4, -0.2) is 20.9 Å². The number of anilines is 1. The molecule has 0 bridgehead atoms. The maximum Gasteiger partial charge on any atom is 0.266 e. The summed E-state index contributed by atoms with van der Waals surface area (Å²) in [5, 5.41) is 19.9. The van der Waals surface area contributed by atoms with Gasteiger partial charge < -0.3 is 5.32 Å². The predicted molar refractivity (Wildman–Crippen MR) is 95.0 cm³/mol. The summed E-state index contributed by atoms with van der Waals surface area (Å²) in [4.78, 5) is 13.6. The van der Waals surface area contributed by atoms with Crippen LogP contribution in [0.4, 0.5) is 10.1 Å². The zero-order valence-electron chi connectivity index (χ0n) is 13.2. The van der Waals surface area contributed by atoms with E-state index in [4.69, 9.17) is 11.6 Å². The maximum atomic E-state index is 13.2. The number of para-hydroxylation sites is 1. The van der Waals surface area contributed by atoms with E-state index in [1.165, 1.54) is 29.2 Å². The van der Waals surface area contributed by atoms with Gasteiger partial charge in [-0.2, -0.15) is 15.2 Å². The molecule has 0 aliphatic heterocycles. The van der Waals surface area contributed by atoms with Gasteiger partial charge in [-0.15, -0.1) is 5.10 Å². The first kappa shape index (κ1) is 17.3. The van der Waals surface area contributed by atoms with Gasteiger partial charge in [0.15, 0.2) is 0 Å². The Balaban J connectivity index is 1.80. The van der Waals surface area contributed by atoms with Crippen molar-refractivity contribution in [3.05, 3.63) is 76.8 Å². The van der Waals surface area contributed by atoms with Crippen LogP contribution in [0.3, 0.4) is 0 Å². The number of hydrogen-bond donors (Lipinski definition) is 1. The van der Waals surface area contributed by atoms with E-state index in [0.29, 0.717) is 5.69 Å². The van der Waals surface area contributed by atoms with E-state index in [2.05, 4.69) is 15.5 Å². The zero-order chi connectivity index (χ0) is 18.5. The summed E-state index contributed by atoms with van der Waals surface area (Å²) in [7, 11) is 0. The van der Waals surface area contributed by atoms with Gasteiger partial charge in [0.1, 0.15) is 23.2 Å². The highest BCUT2D eigenvalue weighted by Crippen LogP contribution is 2.20. The molecule has 0 fully saturated rings. The smallest absolute Gasteiger partial charge is 0.266 e. The third-order valence-electron chi connectivity index (χ3n) is 3.33. The van der Waals surface area contributed by atoms with Crippen molar-refractivity contribution in [3.8, 4) is 11.8 Å². The largest absolute Gasteiger partial charge is 0.321 e. The lowest BCUT2D eigenvalue weighted by Crippen LogP contribution is -2.13. The van der Waals surface area contributed by atoms with Gasteiger partial charge >= 0.3 is 0 Å². The zero-order valence-corrected chi connectivity index (χ0v) is 14.0. The molecule has 1 aromatic heterocycles. The van der Waals surface area contributed by atoms with Crippen LogP contribution < -0.4 is 5.32 Å². The van der Waals surface area contributed by atoms with Crippen LogP contribution in [0.5, 0.6) is 0 Å². The molecule has 26 heavy (non-hydrogen) atoms. The number of aromatic nitrogens is 3. The Hall–Kier alpha value is -3.50. The van der Waals surface area contributed by atoms with E-state index in [9.17, 15) is 14.4 Å². The second kappa shape index (κ2) is 7.59. The van der Waals surface area contributed by atoms with Crippen molar-refractivity contribution < 1.29 is 9.18 Å². The monoisotopic (exact) mass is 367 g/mol. The first-order valence-electron chi connectivity index (χ1n) is 7.43. The van der Waals surface area contributed by atoms with Gasteiger partial charge in [0.05, 0.1) is 16.9 Å². The number of nitrogens with zero attached hydrogens (tertiary/aromatic N) is 4. The van der Waals surface area contributed by atoms with Crippen molar-refractivity contribution >= 4 is 29.3 Å². The molecular formula is C18H11ClFN5O. The minimum absolute atomic E-state index is 0.129. The summed E-state index contributed by atoms with van der Waals surface area (Å²) in [6.07, 6.45) is 2.75. The molecule has 0 aliphatic rings. The molecule has 1 heterocycles. The fourth-order valence-electron chi connectivity index (χ4n) is 2.10. The SMILES string of the molecule is N#C/C(=C\c1cnn(-c2ccccc2)n1)C(=O)Nc1ccc(F)c(Cl)c1. The molecule has 0 atom stereocenters. The van der Waals surface area contributed by atoms with E-state index < -0.39 is 11.7 Å². The van der Waals surface area contributed by atoms with Gasteiger partial charge in [-0.1, -0.05) is 29.8 Å². The van der Waals surface area contributed by atoms with Crippen LogP contribution >= 0.6 is 11.6 Å². The number of hydrogen-bond acceptors (Lipinski definition) is 4. The van der Waals surface area contributed by atoms with E-state index in [0.717, 1.165) is 11.8 Å². The van der Waals surface area contributed by atoms with E-state index >= 15 is 0 Å². The van der Waals surface area contributed by atoms with Gasteiger partial charge in [-0.05, 0) is 36.4 Å². The molecule has 0 saturated carbocycles. The number of rotatable bonds is 4. The average molecular weight is 368 g/mol. The van der Waals surface area contributed by atoms with Crippen molar-refractivity contribution in [1.82, 2.24) is 15.0 Å². The van der Waals surface area contributed by atoms with Crippen molar-refractivity contribution in [3.63, 3.8) is 0 Å². The fraction of sp³-hybridized carbons (Fsp3) is 0. The average Bonchev–Trinajstić information content (AvgIpc) is 3.12. The summed E-state index contributed by atoms with van der Waals surface area (Å²) in [5.41, 5.74) is 1.19. The Kier molecular flexibility index (Phi) is 5.06. The second-order valence-corrected chi connectivity index (χ2v) is 5.55. The molecule has 128 valence electrons. The number of amides is 1. The van der Waals surface area contributed by atoms with Crippen molar-refractivity contribution in [2.75, 3.05) is 5.32 Å². The third-order valence-corrected chi connectivity index (χ3v) is 3.62. The first-order valence-corrected chi connectivity index (χ1v) is 7.80. The van der Waals surface area contributed by atoms with Gasteiger partial charge in [-0.25, -0.2) is 4.39 Å². The van der Waals surface area contributed by atoms with E-state index in [-0.39, 0.29) is 16.3 Å². The van der Waals surface area contributed by atoms with Crippen LogP contribution in [0.1, 0.15) is 5.69 Å². The Labute approximate surface area is 153 Å². The molecule has 8 heteroatoms. The molecule has 2 aromatic carbocycles. The van der Waals surface area contributed by atoms with E-state index in [1.807, 2.05) is 36.4 Å². The van der Waals surface area contributed by atoms with Crippen molar-refractivity contribution in [1.29, 1.82) is 5.26 Å². The van der Waals surface area contributed by atoms with Crippen LogP contribution in [-0.2, 0) is 4.79 Å². The number of carbonyl (C=O) groups excluding carboxylic acids is 1. The quantitative estimate of drug-likeness (QED) is 0.564. The Bertz CT molecular complexity index is 1020. The molecular weight excluding hydrogens is 357 g/mol. The molecule has 6 nitrogen and oxygen atoms in total. The molecule has 0 aliphatic carbocycles. The third kappa shape index (κ3) is 3.94. The second-order valence-electron chi connectivity index (χ2n) is 5.15. The van der Waals surface area contributed by atoms with Crippen molar-refractivity contribution in [2.24, 2.45) is 0 Å². The highest BCUT2D eigenvalue weighted by atomic mass is 35.5. The van der Waals surface area contributed by atoms with Crippen LogP contribution in [0.15, 0.2) is 60.3 Å². The summed E-state index contributed by atoms with van der Waals surface area (Å²) >= 11 is 5.67. The van der Waals surface area contributed by atoms with Crippen LogP contribution in [0, 0.1) is 17.1 Å². The Morgan fingerprint density at radius 2 is 2.04 bits per heavy atom. The van der Waals surface area contributed by atoms with Crippen molar-refractivity contribution in [2.45, 2.75) is 0 Å². The lowest BCUT2D eigenvalue weighted by atomic mass is 10.2. The maximum absolute atomic E-state index is 13.2. The Morgan fingerprint density at radius 3 is 2.73 bits per heavy atom. The van der Waals surface area contributed by atoms with E-state index in [1.54, 1.807) is 0 Å². The minimum atomic E-state index is -0.663. The topological polar surface area (TPSA) is 83.6 Å². The molecule has 1 amide bonds. The number of benzene rings is 2. The standard InChI is InChI=1S/C18H11ClFN5O/c19-16-9-13(6-7-17(16)20)23-18(26)12(10-21)8-14-11-22-25(24-14)15-4-2-1-3-5-15/h1-9,11H,(H,23,26)/b12-8+. The summed E-state index contributed by atoms with van der Waals surface area (Å²) < 4.78 is 13.2. The predicted octanol–water partition coefficient (Wildman–Crippen LogP) is 3.61. The summed E-state index contributed by atoms with van der Waals surface area (Å²) in [6.45, 7) is 0. The van der Waals surface area contributed by atoms with Crippen LogP contribution in [0.25, 0.3) is 11.8 Å².